The molecule has 4 N–H and O–H groups in total. The van der Waals surface area contributed by atoms with Crippen LogP contribution in [0.4, 0.5) is 16.2 Å². The molecule has 0 spiro atoms. The van der Waals surface area contributed by atoms with Crippen LogP contribution in [0.3, 0.4) is 0 Å². The zero-order valence-corrected chi connectivity index (χ0v) is 17.2. The fourth-order valence-electron chi connectivity index (χ4n) is 3.20. The van der Waals surface area contributed by atoms with Gasteiger partial charge in [-0.15, -0.1) is 0 Å². The number of benzene rings is 1. The molecule has 1 aromatic rings. The summed E-state index contributed by atoms with van der Waals surface area (Å²) in [5.74, 6) is -2.55. The van der Waals surface area contributed by atoms with Crippen molar-refractivity contribution in [1.29, 1.82) is 0 Å². The lowest BCUT2D eigenvalue weighted by atomic mass is 9.97. The number of nitrogens with zero attached hydrogens (tertiary/aromatic N) is 1. The van der Waals surface area contributed by atoms with Gasteiger partial charge in [-0.3, -0.25) is 19.3 Å². The maximum Gasteiger partial charge on any atom is 0.325 e. The third kappa shape index (κ3) is 4.85. The SMILES string of the molecule is CC(C)[C@H](NC(=O)N1c2ccccc2NC(=O)[C@@H]1C(C)C)C(=O)N[C@H](C)C(=O)O. The Bertz CT molecular complexity index is 808. The van der Waals surface area contributed by atoms with Crippen molar-refractivity contribution < 1.29 is 24.3 Å². The van der Waals surface area contributed by atoms with Gasteiger partial charge in [-0.1, -0.05) is 39.8 Å². The van der Waals surface area contributed by atoms with Gasteiger partial charge >= 0.3 is 12.0 Å². The van der Waals surface area contributed by atoms with E-state index < -0.39 is 36.0 Å². The summed E-state index contributed by atoms with van der Waals surface area (Å²) in [5, 5.41) is 16.9. The van der Waals surface area contributed by atoms with E-state index in [4.69, 9.17) is 5.11 Å². The molecule has 3 atom stereocenters. The van der Waals surface area contributed by atoms with Crippen LogP contribution in [0.25, 0.3) is 0 Å². The van der Waals surface area contributed by atoms with Crippen LogP contribution in [-0.4, -0.2) is 47.0 Å². The van der Waals surface area contributed by atoms with E-state index in [1.54, 1.807) is 38.1 Å². The number of para-hydroxylation sites is 2. The average Bonchev–Trinajstić information content (AvgIpc) is 2.63. The van der Waals surface area contributed by atoms with E-state index in [9.17, 15) is 19.2 Å². The largest absolute Gasteiger partial charge is 0.480 e. The van der Waals surface area contributed by atoms with E-state index >= 15 is 0 Å². The Morgan fingerprint density at radius 1 is 1.07 bits per heavy atom. The zero-order chi connectivity index (χ0) is 21.9. The minimum Gasteiger partial charge on any atom is -0.480 e. The van der Waals surface area contributed by atoms with E-state index in [2.05, 4.69) is 16.0 Å². The highest BCUT2D eigenvalue weighted by Crippen LogP contribution is 2.34. The van der Waals surface area contributed by atoms with Gasteiger partial charge in [0.15, 0.2) is 0 Å². The minimum atomic E-state index is -1.17. The van der Waals surface area contributed by atoms with Gasteiger partial charge < -0.3 is 21.1 Å². The molecule has 0 fully saturated rings. The molecule has 0 aromatic heterocycles. The van der Waals surface area contributed by atoms with Crippen molar-refractivity contribution in [2.75, 3.05) is 10.2 Å². The van der Waals surface area contributed by atoms with E-state index in [0.29, 0.717) is 11.4 Å². The Morgan fingerprint density at radius 2 is 1.69 bits per heavy atom. The Kier molecular flexibility index (Phi) is 6.84. The number of hydrogen-bond acceptors (Lipinski definition) is 4. The summed E-state index contributed by atoms with van der Waals surface area (Å²) >= 11 is 0. The summed E-state index contributed by atoms with van der Waals surface area (Å²) < 4.78 is 0. The van der Waals surface area contributed by atoms with Crippen molar-refractivity contribution in [3.8, 4) is 0 Å². The standard InChI is InChI=1S/C20H28N4O5/c1-10(2)15(17(25)21-12(5)19(27)28)23-20(29)24-14-9-7-6-8-13(14)22-18(26)16(24)11(3)4/h6-12,15-16H,1-5H3,(H,21,25)(H,22,26)(H,23,29)(H,27,28)/t12-,15+,16+/m1/s1. The van der Waals surface area contributed by atoms with Gasteiger partial charge in [-0.2, -0.15) is 0 Å². The molecular formula is C20H28N4O5. The predicted molar refractivity (Wildman–Crippen MR) is 109 cm³/mol. The Labute approximate surface area is 169 Å². The second-order valence-corrected chi connectivity index (χ2v) is 7.80. The Hall–Kier alpha value is -3.10. The summed E-state index contributed by atoms with van der Waals surface area (Å²) in [6.07, 6.45) is 0. The number of hydrogen-bond donors (Lipinski definition) is 4. The zero-order valence-electron chi connectivity index (χ0n) is 17.2. The van der Waals surface area contributed by atoms with Crippen LogP contribution in [0.5, 0.6) is 0 Å². The van der Waals surface area contributed by atoms with Gasteiger partial charge in [0.25, 0.3) is 0 Å². The van der Waals surface area contributed by atoms with Crippen LogP contribution < -0.4 is 20.9 Å². The summed E-state index contributed by atoms with van der Waals surface area (Å²) in [6, 6.07) is 3.53. The number of nitrogens with one attached hydrogen (secondary N) is 3. The third-order valence-electron chi connectivity index (χ3n) is 4.78. The molecule has 9 nitrogen and oxygen atoms in total. The summed E-state index contributed by atoms with van der Waals surface area (Å²) in [5.41, 5.74) is 1.04. The van der Waals surface area contributed by atoms with Crippen LogP contribution in [0.2, 0.25) is 0 Å². The molecule has 0 aliphatic carbocycles. The minimum absolute atomic E-state index is 0.174. The normalized spacial score (nSPS) is 18.0. The summed E-state index contributed by atoms with van der Waals surface area (Å²) in [4.78, 5) is 50.8. The fraction of sp³-hybridized carbons (Fsp3) is 0.500. The highest BCUT2D eigenvalue weighted by molar-refractivity contribution is 6.12. The molecule has 9 heteroatoms. The van der Waals surface area contributed by atoms with Gasteiger partial charge in [0.2, 0.25) is 11.8 Å². The monoisotopic (exact) mass is 404 g/mol. The van der Waals surface area contributed by atoms with E-state index in [-0.39, 0.29) is 17.7 Å². The number of urea groups is 1. The summed E-state index contributed by atoms with van der Waals surface area (Å²) in [6.45, 7) is 8.50. The third-order valence-corrected chi connectivity index (χ3v) is 4.78. The van der Waals surface area contributed by atoms with Crippen molar-refractivity contribution in [2.24, 2.45) is 11.8 Å². The van der Waals surface area contributed by atoms with E-state index in [0.717, 1.165) is 0 Å². The molecule has 0 radical (unpaired) electrons. The number of carbonyl (C=O) groups excluding carboxylic acids is 3. The highest BCUT2D eigenvalue weighted by Gasteiger charge is 2.40. The number of rotatable bonds is 6. The van der Waals surface area contributed by atoms with Crippen molar-refractivity contribution in [3.63, 3.8) is 0 Å². The van der Waals surface area contributed by atoms with Crippen LogP contribution in [0.15, 0.2) is 24.3 Å². The number of carboxylic acid groups (broad SMARTS) is 1. The van der Waals surface area contributed by atoms with Crippen molar-refractivity contribution in [2.45, 2.75) is 52.7 Å². The van der Waals surface area contributed by atoms with E-state index in [1.165, 1.54) is 11.8 Å². The predicted octanol–water partition coefficient (Wildman–Crippen LogP) is 1.79. The average molecular weight is 404 g/mol. The molecule has 1 aromatic carbocycles. The lowest BCUT2D eigenvalue weighted by Gasteiger charge is -2.39. The summed E-state index contributed by atoms with van der Waals surface area (Å²) in [7, 11) is 0. The van der Waals surface area contributed by atoms with Gasteiger partial charge in [0.05, 0.1) is 11.4 Å². The first-order valence-corrected chi connectivity index (χ1v) is 9.57. The maximum atomic E-state index is 13.2. The van der Waals surface area contributed by atoms with Crippen LogP contribution in [0.1, 0.15) is 34.6 Å². The quantitative estimate of drug-likeness (QED) is 0.575. The topological polar surface area (TPSA) is 128 Å². The van der Waals surface area contributed by atoms with Crippen LogP contribution in [-0.2, 0) is 14.4 Å². The molecule has 4 amide bonds. The molecule has 0 unspecified atom stereocenters. The molecule has 1 aliphatic rings. The number of anilines is 2. The Morgan fingerprint density at radius 3 is 2.24 bits per heavy atom. The molecule has 0 bridgehead atoms. The maximum absolute atomic E-state index is 13.2. The van der Waals surface area contributed by atoms with Crippen LogP contribution >= 0.6 is 0 Å². The highest BCUT2D eigenvalue weighted by atomic mass is 16.4. The first-order valence-electron chi connectivity index (χ1n) is 9.57. The lowest BCUT2D eigenvalue weighted by Crippen LogP contribution is -2.61. The molecule has 2 rings (SSSR count). The number of aliphatic carboxylic acids is 1. The van der Waals surface area contributed by atoms with Gasteiger partial charge in [0, 0.05) is 0 Å². The lowest BCUT2D eigenvalue weighted by molar-refractivity contribution is -0.141. The molecule has 29 heavy (non-hydrogen) atoms. The first-order chi connectivity index (χ1) is 13.5. The molecule has 158 valence electrons. The number of amides is 4. The first kappa shape index (κ1) is 22.2. The second kappa shape index (κ2) is 8.93. The van der Waals surface area contributed by atoms with Crippen molar-refractivity contribution >= 4 is 35.2 Å². The molecular weight excluding hydrogens is 376 g/mol. The molecule has 1 aliphatic heterocycles. The Balaban J connectivity index is 2.32. The molecule has 0 saturated carbocycles. The molecule has 1 heterocycles. The number of fused-ring (bicyclic) bond motifs is 1. The van der Waals surface area contributed by atoms with Crippen LogP contribution in [0, 0.1) is 11.8 Å². The van der Waals surface area contributed by atoms with Gasteiger partial charge in [0.1, 0.15) is 18.1 Å². The molecule has 0 saturated heterocycles. The van der Waals surface area contributed by atoms with Crippen molar-refractivity contribution in [1.82, 2.24) is 10.6 Å². The van der Waals surface area contributed by atoms with Gasteiger partial charge in [-0.05, 0) is 30.9 Å². The smallest absolute Gasteiger partial charge is 0.325 e. The van der Waals surface area contributed by atoms with E-state index in [1.807, 2.05) is 13.8 Å². The number of carboxylic acids is 1. The fourth-order valence-corrected chi connectivity index (χ4v) is 3.20. The van der Waals surface area contributed by atoms with Gasteiger partial charge in [-0.25, -0.2) is 4.79 Å². The number of carbonyl (C=O) groups is 4. The second-order valence-electron chi connectivity index (χ2n) is 7.80. The van der Waals surface area contributed by atoms with Crippen molar-refractivity contribution in [3.05, 3.63) is 24.3 Å².